The van der Waals surface area contributed by atoms with Crippen LogP contribution in [0.25, 0.3) is 10.2 Å². The van der Waals surface area contributed by atoms with Gasteiger partial charge in [-0.25, -0.2) is 14.7 Å². The zero-order chi connectivity index (χ0) is 20.7. The highest BCUT2D eigenvalue weighted by atomic mass is 32.1. The van der Waals surface area contributed by atoms with E-state index in [1.165, 1.54) is 11.3 Å². The number of fused-ring (bicyclic) bond motifs is 2. The first kappa shape index (κ1) is 18.2. The third kappa shape index (κ3) is 3.05. The van der Waals surface area contributed by atoms with Crippen molar-refractivity contribution >= 4 is 45.0 Å². The van der Waals surface area contributed by atoms with Crippen LogP contribution in [0, 0.1) is 0 Å². The summed E-state index contributed by atoms with van der Waals surface area (Å²) in [5.74, 6) is -1.24. The van der Waals surface area contributed by atoms with Gasteiger partial charge in [-0.1, -0.05) is 24.3 Å². The minimum atomic E-state index is -0.497. The second-order valence-electron chi connectivity index (χ2n) is 6.69. The van der Waals surface area contributed by atoms with E-state index >= 15 is 0 Å². The fraction of sp³-hybridized carbons (Fsp3) is 0.0435. The van der Waals surface area contributed by atoms with E-state index in [1.54, 1.807) is 48.5 Å². The minimum Gasteiger partial charge on any atom is -0.455 e. The molecule has 0 fully saturated rings. The number of amides is 2. The number of para-hydroxylation sites is 1. The molecule has 0 atom stereocenters. The van der Waals surface area contributed by atoms with Gasteiger partial charge >= 0.3 is 5.97 Å². The molecule has 146 valence electrons. The summed E-state index contributed by atoms with van der Waals surface area (Å²) in [5.41, 5.74) is 2.36. The molecule has 1 aromatic heterocycles. The molecule has 7 heteroatoms. The minimum absolute atomic E-state index is 0.0817. The quantitative estimate of drug-likeness (QED) is 0.364. The summed E-state index contributed by atoms with van der Waals surface area (Å²) in [6.45, 7) is 0.0817. The molecule has 1 aliphatic rings. The maximum atomic E-state index is 12.6. The predicted octanol–water partition coefficient (Wildman–Crippen LogP) is 4.45. The molecule has 0 unspecified atom stereocenters. The number of benzene rings is 3. The number of nitrogens with zero attached hydrogens (tertiary/aromatic N) is 2. The van der Waals surface area contributed by atoms with Gasteiger partial charge in [0, 0.05) is 0 Å². The Kier molecular flexibility index (Phi) is 4.37. The molecular formula is C23H14N2O4S. The number of hydrogen-bond donors (Lipinski definition) is 0. The molecule has 2 heterocycles. The molecule has 5 rings (SSSR count). The Morgan fingerprint density at radius 2 is 1.50 bits per heavy atom. The monoisotopic (exact) mass is 414 g/mol. The second kappa shape index (κ2) is 7.20. The van der Waals surface area contributed by atoms with Crippen molar-refractivity contribution in [3.63, 3.8) is 0 Å². The SMILES string of the molecule is O=C(OCc1nc2ccccc2s1)c1ccc(N2C(=O)c3ccccc3C2=O)cc1. The summed E-state index contributed by atoms with van der Waals surface area (Å²) >= 11 is 1.48. The Morgan fingerprint density at radius 1 is 0.867 bits per heavy atom. The Hall–Kier alpha value is -3.84. The number of carbonyl (C=O) groups is 3. The fourth-order valence-electron chi connectivity index (χ4n) is 3.36. The number of anilines is 1. The summed E-state index contributed by atoms with van der Waals surface area (Å²) in [6, 6.07) is 20.6. The van der Waals surface area contributed by atoms with E-state index in [0.717, 1.165) is 15.1 Å². The van der Waals surface area contributed by atoms with E-state index in [9.17, 15) is 14.4 Å². The molecular weight excluding hydrogens is 400 g/mol. The molecule has 6 nitrogen and oxygen atoms in total. The number of thiazole rings is 1. The smallest absolute Gasteiger partial charge is 0.338 e. The van der Waals surface area contributed by atoms with Crippen LogP contribution in [0.5, 0.6) is 0 Å². The topological polar surface area (TPSA) is 76.6 Å². The van der Waals surface area contributed by atoms with Crippen LogP contribution in [-0.4, -0.2) is 22.8 Å². The number of hydrogen-bond acceptors (Lipinski definition) is 6. The van der Waals surface area contributed by atoms with Crippen molar-refractivity contribution in [3.8, 4) is 0 Å². The Labute approximate surface area is 175 Å². The first-order chi connectivity index (χ1) is 14.6. The van der Waals surface area contributed by atoms with Gasteiger partial charge in [0.05, 0.1) is 32.6 Å². The van der Waals surface area contributed by atoms with Crippen LogP contribution in [0.1, 0.15) is 36.1 Å². The number of imide groups is 1. The van der Waals surface area contributed by atoms with E-state index in [0.29, 0.717) is 27.4 Å². The zero-order valence-corrected chi connectivity index (χ0v) is 16.4. The lowest BCUT2D eigenvalue weighted by molar-refractivity contribution is 0.0472. The van der Waals surface area contributed by atoms with Crippen LogP contribution < -0.4 is 4.90 Å². The molecule has 0 spiro atoms. The number of aromatic nitrogens is 1. The van der Waals surface area contributed by atoms with Crippen molar-refractivity contribution in [2.45, 2.75) is 6.61 Å². The van der Waals surface area contributed by atoms with E-state index in [1.807, 2.05) is 24.3 Å². The third-order valence-corrected chi connectivity index (χ3v) is 5.83. The van der Waals surface area contributed by atoms with Gasteiger partial charge in [-0.05, 0) is 48.5 Å². The maximum absolute atomic E-state index is 12.6. The molecule has 4 aromatic rings. The van der Waals surface area contributed by atoms with E-state index in [4.69, 9.17) is 4.74 Å². The Bertz CT molecular complexity index is 1240. The lowest BCUT2D eigenvalue weighted by Crippen LogP contribution is -2.29. The van der Waals surface area contributed by atoms with Crippen LogP contribution in [0.2, 0.25) is 0 Å². The summed E-state index contributed by atoms with van der Waals surface area (Å²) in [7, 11) is 0. The molecule has 2 amide bonds. The highest BCUT2D eigenvalue weighted by molar-refractivity contribution is 7.18. The van der Waals surface area contributed by atoms with Crippen molar-refractivity contribution < 1.29 is 19.1 Å². The van der Waals surface area contributed by atoms with Crippen LogP contribution in [0.4, 0.5) is 5.69 Å². The van der Waals surface area contributed by atoms with Crippen LogP contribution in [0.15, 0.2) is 72.8 Å². The molecule has 0 saturated carbocycles. The fourth-order valence-corrected chi connectivity index (χ4v) is 4.24. The molecule has 0 saturated heterocycles. The van der Waals surface area contributed by atoms with Gasteiger partial charge in [0.1, 0.15) is 11.6 Å². The number of esters is 1. The second-order valence-corrected chi connectivity index (χ2v) is 7.80. The molecule has 30 heavy (non-hydrogen) atoms. The van der Waals surface area contributed by atoms with E-state index in [-0.39, 0.29) is 18.4 Å². The number of ether oxygens (including phenoxy) is 1. The van der Waals surface area contributed by atoms with E-state index in [2.05, 4.69) is 4.98 Å². The van der Waals surface area contributed by atoms with Crippen LogP contribution in [-0.2, 0) is 11.3 Å². The average Bonchev–Trinajstić information content (AvgIpc) is 3.31. The maximum Gasteiger partial charge on any atom is 0.338 e. The van der Waals surface area contributed by atoms with Crippen molar-refractivity contribution in [2.24, 2.45) is 0 Å². The lowest BCUT2D eigenvalue weighted by atomic mass is 10.1. The van der Waals surface area contributed by atoms with Crippen molar-refractivity contribution in [1.82, 2.24) is 4.98 Å². The van der Waals surface area contributed by atoms with Crippen molar-refractivity contribution in [1.29, 1.82) is 0 Å². The number of carbonyl (C=O) groups excluding carboxylic acids is 3. The van der Waals surface area contributed by atoms with Gasteiger partial charge in [-0.3, -0.25) is 9.59 Å². The van der Waals surface area contributed by atoms with Gasteiger partial charge < -0.3 is 4.74 Å². The molecule has 0 bridgehead atoms. The lowest BCUT2D eigenvalue weighted by Gasteiger charge is -2.14. The average molecular weight is 414 g/mol. The first-order valence-corrected chi connectivity index (χ1v) is 10.0. The number of rotatable bonds is 4. The van der Waals surface area contributed by atoms with Gasteiger partial charge in [-0.2, -0.15) is 0 Å². The first-order valence-electron chi connectivity index (χ1n) is 9.21. The molecule has 0 aliphatic carbocycles. The Balaban J connectivity index is 1.29. The highest BCUT2D eigenvalue weighted by Gasteiger charge is 2.36. The highest BCUT2D eigenvalue weighted by Crippen LogP contribution is 2.28. The van der Waals surface area contributed by atoms with Gasteiger partial charge in [0.25, 0.3) is 11.8 Å². The van der Waals surface area contributed by atoms with Gasteiger partial charge in [-0.15, -0.1) is 11.3 Å². The van der Waals surface area contributed by atoms with Crippen LogP contribution in [0.3, 0.4) is 0 Å². The molecule has 0 N–H and O–H groups in total. The van der Waals surface area contributed by atoms with Crippen LogP contribution >= 0.6 is 11.3 Å². The van der Waals surface area contributed by atoms with Gasteiger partial charge in [0.2, 0.25) is 0 Å². The standard InChI is InChI=1S/C23H14N2O4S/c26-21-16-5-1-2-6-17(16)22(27)25(21)15-11-9-14(10-12-15)23(28)29-13-20-24-18-7-3-4-8-19(18)30-20/h1-12H,13H2. The summed E-state index contributed by atoms with van der Waals surface area (Å²) < 4.78 is 6.40. The Morgan fingerprint density at radius 3 is 2.17 bits per heavy atom. The largest absolute Gasteiger partial charge is 0.455 e. The molecule has 1 aliphatic heterocycles. The summed E-state index contributed by atoms with van der Waals surface area (Å²) in [5, 5.41) is 0.715. The molecule has 3 aromatic carbocycles. The van der Waals surface area contributed by atoms with Crippen molar-refractivity contribution in [2.75, 3.05) is 4.90 Å². The van der Waals surface area contributed by atoms with Crippen molar-refractivity contribution in [3.05, 3.63) is 94.5 Å². The predicted molar refractivity (Wildman–Crippen MR) is 113 cm³/mol. The summed E-state index contributed by atoms with van der Waals surface area (Å²) in [4.78, 5) is 43.1. The molecule has 0 radical (unpaired) electrons. The van der Waals surface area contributed by atoms with E-state index < -0.39 is 5.97 Å². The normalized spacial score (nSPS) is 13.0. The van der Waals surface area contributed by atoms with Gasteiger partial charge in [0.15, 0.2) is 0 Å². The zero-order valence-electron chi connectivity index (χ0n) is 15.6. The third-order valence-electron chi connectivity index (χ3n) is 4.82. The summed E-state index contributed by atoms with van der Waals surface area (Å²) in [6.07, 6.45) is 0.